The van der Waals surface area contributed by atoms with Crippen molar-refractivity contribution >= 4 is 39.5 Å². The Bertz CT molecular complexity index is 2610. The summed E-state index contributed by atoms with van der Waals surface area (Å²) in [7, 11) is -9.99. The van der Waals surface area contributed by atoms with Gasteiger partial charge in [-0.3, -0.25) is 37.3 Å². The summed E-state index contributed by atoms with van der Waals surface area (Å²) in [4.78, 5) is 73.1. The van der Waals surface area contributed by atoms with Crippen molar-refractivity contribution in [1.82, 2.24) is 0 Å². The SMILES string of the molecule is CC/C=C\C/C=C\C/C=C\C/C=C\C/C=C\C/C=C\CCC(=O)OCC(COP(=O)(O)OCC(O)COP(=O)(O)OCC(COC(=O)CCCCCCCC/C=C\C/C=C\C/C=C\CCCCC)OC(=O)CCCCCCCC/C=C\C/C=C\C/C=C\CCCCC)OC(=O)CCCCCCCCCCCCC. The first-order chi connectivity index (χ1) is 52.7. The van der Waals surface area contributed by atoms with Crippen LogP contribution in [-0.4, -0.2) is 96.7 Å². The Morgan fingerprint density at radius 1 is 0.269 bits per heavy atom. The quantitative estimate of drug-likeness (QED) is 0.0169. The number of phosphoric ester groups is 2. The van der Waals surface area contributed by atoms with E-state index in [-0.39, 0.29) is 25.7 Å². The van der Waals surface area contributed by atoms with E-state index in [4.69, 9.17) is 37.0 Å². The second-order valence-corrected chi connectivity index (χ2v) is 30.6. The number of unbranched alkanes of at least 4 members (excludes halogenated alkanes) is 28. The van der Waals surface area contributed by atoms with Gasteiger partial charge in [-0.05, 0) is 141 Å². The Hall–Kier alpha value is -5.06. The highest BCUT2D eigenvalue weighted by molar-refractivity contribution is 7.47. The van der Waals surface area contributed by atoms with E-state index in [9.17, 15) is 43.2 Å². The lowest BCUT2D eigenvalue weighted by Gasteiger charge is -2.21. The molecule has 0 aromatic heterocycles. The molecule has 0 aromatic rings. The van der Waals surface area contributed by atoms with E-state index in [1.54, 1.807) is 0 Å². The molecule has 0 aliphatic rings. The maximum absolute atomic E-state index is 13.1. The van der Waals surface area contributed by atoms with Crippen molar-refractivity contribution in [2.45, 2.75) is 354 Å². The summed E-state index contributed by atoms with van der Waals surface area (Å²) in [6.07, 6.45) is 92.6. The highest BCUT2D eigenvalue weighted by atomic mass is 31.2. The normalized spacial score (nSPS) is 14.5. The first kappa shape index (κ1) is 103. The van der Waals surface area contributed by atoms with Gasteiger partial charge in [0, 0.05) is 25.7 Å². The zero-order chi connectivity index (χ0) is 78.9. The number of phosphoric acid groups is 2. The molecule has 618 valence electrons. The van der Waals surface area contributed by atoms with E-state index in [2.05, 4.69) is 155 Å². The number of esters is 4. The van der Waals surface area contributed by atoms with E-state index in [1.165, 1.54) is 77.0 Å². The van der Waals surface area contributed by atoms with E-state index in [0.717, 1.165) is 173 Å². The molecule has 0 aliphatic carbocycles. The zero-order valence-electron chi connectivity index (χ0n) is 67.7. The van der Waals surface area contributed by atoms with Crippen LogP contribution in [0.4, 0.5) is 0 Å². The van der Waals surface area contributed by atoms with E-state index >= 15 is 0 Å². The van der Waals surface area contributed by atoms with Crippen LogP contribution < -0.4 is 0 Å². The van der Waals surface area contributed by atoms with Crippen molar-refractivity contribution in [3.8, 4) is 0 Å². The number of ether oxygens (including phenoxy) is 4. The summed E-state index contributed by atoms with van der Waals surface area (Å²) in [6, 6.07) is 0. The number of carbonyl (C=O) groups is 4. The van der Waals surface area contributed by atoms with Gasteiger partial charge in [0.25, 0.3) is 0 Å². The minimum atomic E-state index is -5.00. The van der Waals surface area contributed by atoms with Crippen LogP contribution in [0, 0.1) is 0 Å². The summed E-state index contributed by atoms with van der Waals surface area (Å²) >= 11 is 0. The third-order valence-electron chi connectivity index (χ3n) is 17.3. The highest BCUT2D eigenvalue weighted by Gasteiger charge is 2.30. The van der Waals surface area contributed by atoms with Crippen LogP contribution in [0.25, 0.3) is 0 Å². The predicted octanol–water partition coefficient (Wildman–Crippen LogP) is 25.0. The fourth-order valence-electron chi connectivity index (χ4n) is 10.9. The Kier molecular flexibility index (Phi) is 76.3. The molecule has 0 heterocycles. The van der Waals surface area contributed by atoms with E-state index < -0.39 is 97.5 Å². The minimum Gasteiger partial charge on any atom is -0.462 e. The first-order valence-electron chi connectivity index (χ1n) is 42.1. The molecule has 5 atom stereocenters. The molecule has 17 nitrogen and oxygen atoms in total. The van der Waals surface area contributed by atoms with Crippen LogP contribution in [-0.2, 0) is 65.4 Å². The van der Waals surface area contributed by atoms with Crippen LogP contribution >= 0.6 is 15.6 Å². The summed E-state index contributed by atoms with van der Waals surface area (Å²) in [5.41, 5.74) is 0. The zero-order valence-corrected chi connectivity index (χ0v) is 69.5. The standard InChI is InChI=1S/C89H150O17P2/c1-5-9-13-17-21-25-29-32-35-38-41-44-47-50-54-57-61-65-69-73-86(91)99-79-84(105-88(93)75-71-67-63-59-53-28-24-20-16-12-8-4)81-103-107(95,96)101-77-83(90)78-102-108(97,98)104-82-85(106-89(94)76-72-68-64-60-56-52-49-46-43-40-37-34-31-27-23-19-15-11-7-3)80-100-87(92)74-70-66-62-58-55-51-48-45-42-39-36-33-30-26-22-18-14-10-6-2/h9,13,21-23,25-27,32-37,41-46,50,54,61,65,83-85,90H,5-8,10-12,14-20,24,28-31,38-40,47-49,51-53,55-60,62-64,66-82H2,1-4H3,(H,95,96)(H,97,98)/b13-9-,25-21-,26-22-,27-23-,35-32-,36-33-,37-34-,44-41-,45-42-,46-43-,54-50-,65-61-. The van der Waals surface area contributed by atoms with Crippen molar-refractivity contribution in [3.63, 3.8) is 0 Å². The summed E-state index contributed by atoms with van der Waals surface area (Å²) in [5.74, 6) is -2.30. The number of aliphatic hydroxyl groups excluding tert-OH is 1. The smallest absolute Gasteiger partial charge is 0.462 e. The molecule has 5 unspecified atom stereocenters. The molecule has 0 rings (SSSR count). The van der Waals surface area contributed by atoms with Crippen molar-refractivity contribution in [1.29, 1.82) is 0 Å². The predicted molar refractivity (Wildman–Crippen MR) is 445 cm³/mol. The molecule has 0 saturated carbocycles. The van der Waals surface area contributed by atoms with Crippen molar-refractivity contribution < 1.29 is 80.2 Å². The van der Waals surface area contributed by atoms with Crippen molar-refractivity contribution in [3.05, 3.63) is 146 Å². The molecule has 0 amide bonds. The highest BCUT2D eigenvalue weighted by Crippen LogP contribution is 2.45. The van der Waals surface area contributed by atoms with E-state index in [1.807, 2.05) is 18.2 Å². The number of allylic oxidation sites excluding steroid dienone is 24. The van der Waals surface area contributed by atoms with E-state index in [0.29, 0.717) is 32.1 Å². The third-order valence-corrected chi connectivity index (χ3v) is 19.2. The topological polar surface area (TPSA) is 237 Å². The molecule has 0 fully saturated rings. The average molecular weight is 1550 g/mol. The van der Waals surface area contributed by atoms with Gasteiger partial charge in [-0.1, -0.05) is 315 Å². The number of rotatable bonds is 78. The molecule has 3 N–H and O–H groups in total. The molecule has 0 saturated heterocycles. The maximum atomic E-state index is 13.1. The third kappa shape index (κ3) is 79.0. The fourth-order valence-corrected chi connectivity index (χ4v) is 12.5. The lowest BCUT2D eigenvalue weighted by atomic mass is 10.1. The van der Waals surface area contributed by atoms with Crippen LogP contribution in [0.2, 0.25) is 0 Å². The molecule has 0 bridgehead atoms. The summed E-state index contributed by atoms with van der Waals surface area (Å²) < 4.78 is 68.6. The van der Waals surface area contributed by atoms with Gasteiger partial charge in [0.1, 0.15) is 19.3 Å². The van der Waals surface area contributed by atoms with Gasteiger partial charge in [-0.2, -0.15) is 0 Å². The fraction of sp³-hybridized carbons (Fsp3) is 0.685. The Balaban J connectivity index is 5.42. The van der Waals surface area contributed by atoms with Gasteiger partial charge in [0.15, 0.2) is 12.2 Å². The molecule has 0 aliphatic heterocycles. The van der Waals surface area contributed by atoms with Gasteiger partial charge in [-0.15, -0.1) is 0 Å². The number of carbonyl (C=O) groups excluding carboxylic acids is 4. The van der Waals surface area contributed by atoms with Gasteiger partial charge in [0.05, 0.1) is 26.4 Å². The average Bonchev–Trinajstić information content (AvgIpc) is 0.899. The lowest BCUT2D eigenvalue weighted by molar-refractivity contribution is -0.161. The van der Waals surface area contributed by atoms with Gasteiger partial charge < -0.3 is 33.8 Å². The number of hydrogen-bond donors (Lipinski definition) is 3. The molecular weight excluding hydrogens is 1400 g/mol. The Morgan fingerprint density at radius 2 is 0.500 bits per heavy atom. The Labute approximate surface area is 656 Å². The summed E-state index contributed by atoms with van der Waals surface area (Å²) in [5, 5.41) is 10.7. The second kappa shape index (κ2) is 80.0. The summed E-state index contributed by atoms with van der Waals surface area (Å²) in [6.45, 7) is 4.61. The van der Waals surface area contributed by atoms with Crippen LogP contribution in [0.15, 0.2) is 146 Å². The van der Waals surface area contributed by atoms with Crippen molar-refractivity contribution in [2.75, 3.05) is 39.6 Å². The molecule has 0 radical (unpaired) electrons. The van der Waals surface area contributed by atoms with Crippen LogP contribution in [0.5, 0.6) is 0 Å². The molecule has 0 aromatic carbocycles. The van der Waals surface area contributed by atoms with Gasteiger partial charge >= 0.3 is 39.5 Å². The molecular formula is C89H150O17P2. The molecule has 19 heteroatoms. The largest absolute Gasteiger partial charge is 0.472 e. The van der Waals surface area contributed by atoms with Gasteiger partial charge in [0.2, 0.25) is 0 Å². The Morgan fingerprint density at radius 3 is 0.815 bits per heavy atom. The molecule has 108 heavy (non-hydrogen) atoms. The van der Waals surface area contributed by atoms with Crippen LogP contribution in [0.3, 0.4) is 0 Å². The lowest BCUT2D eigenvalue weighted by Crippen LogP contribution is -2.30. The van der Waals surface area contributed by atoms with Crippen molar-refractivity contribution in [2.24, 2.45) is 0 Å². The van der Waals surface area contributed by atoms with Gasteiger partial charge in [-0.25, -0.2) is 9.13 Å². The monoisotopic (exact) mass is 1550 g/mol. The van der Waals surface area contributed by atoms with Crippen LogP contribution in [0.1, 0.15) is 336 Å². The number of aliphatic hydroxyl groups is 1. The number of hydrogen-bond acceptors (Lipinski definition) is 15. The minimum absolute atomic E-state index is 0.0344. The first-order valence-corrected chi connectivity index (χ1v) is 45.1. The molecule has 0 spiro atoms. The second-order valence-electron chi connectivity index (χ2n) is 27.7. The maximum Gasteiger partial charge on any atom is 0.472 e.